The Morgan fingerprint density at radius 1 is 1.07 bits per heavy atom. The van der Waals surface area contributed by atoms with Crippen molar-refractivity contribution in [1.29, 1.82) is 0 Å². The first-order chi connectivity index (χ1) is 7.36. The molecular formula is C12H13N3. The van der Waals surface area contributed by atoms with Crippen molar-refractivity contribution >= 4 is 0 Å². The first kappa shape index (κ1) is 9.80. The topological polar surface area (TPSA) is 51.8 Å². The number of nitrogens with zero attached hydrogens (tertiary/aromatic N) is 2. The van der Waals surface area contributed by atoms with Gasteiger partial charge in [0.1, 0.15) is 0 Å². The minimum Gasteiger partial charge on any atom is -0.324 e. The van der Waals surface area contributed by atoms with Crippen LogP contribution in [0.5, 0.6) is 0 Å². The maximum absolute atomic E-state index is 6.06. The Morgan fingerprint density at radius 3 is 2.53 bits per heavy atom. The van der Waals surface area contributed by atoms with Crippen molar-refractivity contribution in [2.24, 2.45) is 5.73 Å². The van der Waals surface area contributed by atoms with Crippen LogP contribution in [0.1, 0.15) is 17.2 Å². The molecule has 3 nitrogen and oxygen atoms in total. The lowest BCUT2D eigenvalue weighted by Gasteiger charge is -2.10. The van der Waals surface area contributed by atoms with Gasteiger partial charge in [-0.15, -0.1) is 0 Å². The van der Waals surface area contributed by atoms with Crippen molar-refractivity contribution in [2.45, 2.75) is 12.5 Å². The smallest absolute Gasteiger partial charge is 0.0544 e. The molecule has 1 unspecified atom stereocenters. The normalized spacial score (nSPS) is 12.3. The zero-order chi connectivity index (χ0) is 10.5. The minimum atomic E-state index is -0.0112. The molecule has 0 saturated carbocycles. The largest absolute Gasteiger partial charge is 0.324 e. The number of rotatable bonds is 3. The third kappa shape index (κ3) is 2.60. The van der Waals surface area contributed by atoms with E-state index in [4.69, 9.17) is 5.73 Å². The fraction of sp³-hybridized carbons (Fsp3) is 0.167. The standard InChI is InChI=1S/C12H13N3/c13-12(11-6-7-14-15-9-11)8-10-4-2-1-3-5-10/h1-7,9,12H,8,13H2. The van der Waals surface area contributed by atoms with Gasteiger partial charge in [0.15, 0.2) is 0 Å². The van der Waals surface area contributed by atoms with Crippen molar-refractivity contribution in [2.75, 3.05) is 0 Å². The van der Waals surface area contributed by atoms with Gasteiger partial charge < -0.3 is 5.73 Å². The fourth-order valence-corrected chi connectivity index (χ4v) is 1.51. The molecule has 1 heterocycles. The fourth-order valence-electron chi connectivity index (χ4n) is 1.51. The third-order valence-corrected chi connectivity index (χ3v) is 2.33. The van der Waals surface area contributed by atoms with Gasteiger partial charge in [0.05, 0.1) is 6.20 Å². The van der Waals surface area contributed by atoms with Gasteiger partial charge >= 0.3 is 0 Å². The first-order valence-electron chi connectivity index (χ1n) is 4.92. The van der Waals surface area contributed by atoms with E-state index in [-0.39, 0.29) is 6.04 Å². The number of nitrogens with two attached hydrogens (primary N) is 1. The van der Waals surface area contributed by atoms with E-state index in [1.807, 2.05) is 24.3 Å². The van der Waals surface area contributed by atoms with E-state index >= 15 is 0 Å². The first-order valence-corrected chi connectivity index (χ1v) is 4.92. The average molecular weight is 199 g/mol. The average Bonchev–Trinajstić information content (AvgIpc) is 2.31. The summed E-state index contributed by atoms with van der Waals surface area (Å²) in [5, 5.41) is 7.55. The zero-order valence-electron chi connectivity index (χ0n) is 8.38. The summed E-state index contributed by atoms with van der Waals surface area (Å²) in [5.41, 5.74) is 8.32. The number of aromatic nitrogens is 2. The van der Waals surface area contributed by atoms with Crippen LogP contribution in [-0.4, -0.2) is 10.2 Å². The van der Waals surface area contributed by atoms with Gasteiger partial charge in [0, 0.05) is 12.2 Å². The summed E-state index contributed by atoms with van der Waals surface area (Å²) in [6.45, 7) is 0. The van der Waals surface area contributed by atoms with E-state index in [0.717, 1.165) is 12.0 Å². The molecule has 1 atom stereocenters. The molecule has 0 bridgehead atoms. The molecule has 2 N–H and O–H groups in total. The lowest BCUT2D eigenvalue weighted by Crippen LogP contribution is -2.13. The molecule has 2 aromatic rings. The van der Waals surface area contributed by atoms with E-state index < -0.39 is 0 Å². The van der Waals surface area contributed by atoms with Gasteiger partial charge in [-0.05, 0) is 23.6 Å². The van der Waals surface area contributed by atoms with E-state index in [1.54, 1.807) is 12.4 Å². The van der Waals surface area contributed by atoms with Crippen LogP contribution in [0.3, 0.4) is 0 Å². The Balaban J connectivity index is 2.08. The monoisotopic (exact) mass is 199 g/mol. The minimum absolute atomic E-state index is 0.0112. The molecule has 1 aromatic heterocycles. The van der Waals surface area contributed by atoms with Gasteiger partial charge in [-0.25, -0.2) is 0 Å². The maximum Gasteiger partial charge on any atom is 0.0544 e. The molecule has 0 aliphatic heterocycles. The molecule has 0 amide bonds. The Kier molecular flexibility index (Phi) is 3.05. The molecule has 0 aliphatic rings. The summed E-state index contributed by atoms with van der Waals surface area (Å²) in [5.74, 6) is 0. The molecule has 0 fully saturated rings. The number of hydrogen-bond acceptors (Lipinski definition) is 3. The van der Waals surface area contributed by atoms with Gasteiger partial charge in [0.25, 0.3) is 0 Å². The predicted molar refractivity (Wildman–Crippen MR) is 59.1 cm³/mol. The van der Waals surface area contributed by atoms with Gasteiger partial charge in [-0.2, -0.15) is 10.2 Å². The molecule has 0 spiro atoms. The van der Waals surface area contributed by atoms with E-state index in [9.17, 15) is 0 Å². The summed E-state index contributed by atoms with van der Waals surface area (Å²) in [6.07, 6.45) is 4.21. The van der Waals surface area contributed by atoms with Crippen LogP contribution < -0.4 is 5.73 Å². The van der Waals surface area contributed by atoms with Crippen LogP contribution in [0.2, 0.25) is 0 Å². The summed E-state index contributed by atoms with van der Waals surface area (Å²) < 4.78 is 0. The molecule has 0 radical (unpaired) electrons. The van der Waals surface area contributed by atoms with Crippen LogP contribution in [0, 0.1) is 0 Å². The van der Waals surface area contributed by atoms with Gasteiger partial charge in [0.2, 0.25) is 0 Å². The summed E-state index contributed by atoms with van der Waals surface area (Å²) in [6, 6.07) is 12.1. The highest BCUT2D eigenvalue weighted by atomic mass is 15.1. The lowest BCUT2D eigenvalue weighted by molar-refractivity contribution is 0.713. The molecule has 2 rings (SSSR count). The Hall–Kier alpha value is -1.74. The number of hydrogen-bond donors (Lipinski definition) is 1. The van der Waals surface area contributed by atoms with Gasteiger partial charge in [-0.3, -0.25) is 0 Å². The van der Waals surface area contributed by atoms with E-state index in [1.165, 1.54) is 5.56 Å². The van der Waals surface area contributed by atoms with Crippen LogP contribution >= 0.6 is 0 Å². The highest BCUT2D eigenvalue weighted by Crippen LogP contribution is 2.13. The third-order valence-electron chi connectivity index (χ3n) is 2.33. The molecule has 15 heavy (non-hydrogen) atoms. The summed E-state index contributed by atoms with van der Waals surface area (Å²) in [4.78, 5) is 0. The molecule has 0 aliphatic carbocycles. The van der Waals surface area contributed by atoms with Crippen molar-refractivity contribution in [3.63, 3.8) is 0 Å². The zero-order valence-corrected chi connectivity index (χ0v) is 8.38. The molecule has 76 valence electrons. The quantitative estimate of drug-likeness (QED) is 0.818. The maximum atomic E-state index is 6.06. The Labute approximate surface area is 89.0 Å². The highest BCUT2D eigenvalue weighted by Gasteiger charge is 2.06. The van der Waals surface area contributed by atoms with E-state index in [2.05, 4.69) is 22.3 Å². The van der Waals surface area contributed by atoms with Crippen LogP contribution in [0.15, 0.2) is 48.8 Å². The second kappa shape index (κ2) is 4.66. The Bertz CT molecular complexity index is 400. The van der Waals surface area contributed by atoms with Gasteiger partial charge in [-0.1, -0.05) is 30.3 Å². The second-order valence-corrected chi connectivity index (χ2v) is 3.47. The van der Waals surface area contributed by atoms with Crippen molar-refractivity contribution in [1.82, 2.24) is 10.2 Å². The molecule has 0 saturated heterocycles. The summed E-state index contributed by atoms with van der Waals surface area (Å²) >= 11 is 0. The highest BCUT2D eigenvalue weighted by molar-refractivity contribution is 5.20. The van der Waals surface area contributed by atoms with Crippen LogP contribution in [-0.2, 0) is 6.42 Å². The van der Waals surface area contributed by atoms with Crippen LogP contribution in [0.25, 0.3) is 0 Å². The van der Waals surface area contributed by atoms with Crippen LogP contribution in [0.4, 0.5) is 0 Å². The molecular weight excluding hydrogens is 186 g/mol. The molecule has 1 aromatic carbocycles. The predicted octanol–water partition coefficient (Wildman–Crippen LogP) is 1.72. The number of benzene rings is 1. The lowest BCUT2D eigenvalue weighted by atomic mass is 10.0. The molecule has 3 heteroatoms. The second-order valence-electron chi connectivity index (χ2n) is 3.47. The summed E-state index contributed by atoms with van der Waals surface area (Å²) in [7, 11) is 0. The van der Waals surface area contributed by atoms with E-state index in [0.29, 0.717) is 0 Å². The van der Waals surface area contributed by atoms with Crippen molar-refractivity contribution in [3.05, 3.63) is 59.9 Å². The van der Waals surface area contributed by atoms with Crippen molar-refractivity contribution in [3.8, 4) is 0 Å². The van der Waals surface area contributed by atoms with Crippen molar-refractivity contribution < 1.29 is 0 Å². The Morgan fingerprint density at radius 2 is 1.87 bits per heavy atom. The SMILES string of the molecule is NC(Cc1ccccc1)c1ccnnc1.